The number of hydrogen-bond donors (Lipinski definition) is 0. The van der Waals surface area contributed by atoms with Crippen LogP contribution < -0.4 is 9.47 Å². The number of halogens is 3. The molecule has 2 atom stereocenters. The van der Waals surface area contributed by atoms with Crippen LogP contribution in [-0.2, 0) is 9.47 Å². The van der Waals surface area contributed by atoms with Gasteiger partial charge in [-0.25, -0.2) is 9.18 Å². The molecule has 0 radical (unpaired) electrons. The maximum absolute atomic E-state index is 15.2. The van der Waals surface area contributed by atoms with E-state index in [1.54, 1.807) is 52.8 Å². The number of aromatic nitrogens is 2. The van der Waals surface area contributed by atoms with E-state index >= 15 is 4.39 Å². The third-order valence-electron chi connectivity index (χ3n) is 6.16. The summed E-state index contributed by atoms with van der Waals surface area (Å²) in [5.74, 6) is 0.00137. The fourth-order valence-electron chi connectivity index (χ4n) is 4.50. The van der Waals surface area contributed by atoms with Gasteiger partial charge in [0.2, 0.25) is 5.82 Å². The quantitative estimate of drug-likeness (QED) is 0.268. The molecular weight excluding hydrogens is 576 g/mol. The average molecular weight is 611 g/mol. The molecule has 0 aliphatic carbocycles. The molecule has 2 heterocycles. The van der Waals surface area contributed by atoms with Gasteiger partial charge in [0.05, 0.1) is 28.3 Å². The third-order valence-corrected chi connectivity index (χ3v) is 6.77. The van der Waals surface area contributed by atoms with Gasteiger partial charge < -0.3 is 23.5 Å². The molecule has 3 aromatic rings. The SMILES string of the molecule is CC(C)Oc1ccc(-c2nc(-c3cc(F)c(OC[C@H]4[C@@H](C)OC(C)(C)N4C(=O)OC(C)(C)C)cc3Cl)no2)cc1Cl. The highest BCUT2D eigenvalue weighted by molar-refractivity contribution is 6.33. The Kier molecular flexibility index (Phi) is 8.78. The summed E-state index contributed by atoms with van der Waals surface area (Å²) < 4.78 is 43.6. The second-order valence-corrected chi connectivity index (χ2v) is 12.3. The lowest BCUT2D eigenvalue weighted by molar-refractivity contribution is -0.0760. The van der Waals surface area contributed by atoms with Gasteiger partial charge in [-0.2, -0.15) is 4.98 Å². The van der Waals surface area contributed by atoms with Crippen molar-refractivity contribution < 1.29 is 32.7 Å². The second kappa shape index (κ2) is 11.7. The molecular formula is C29H34Cl2FN3O6. The number of amides is 1. The van der Waals surface area contributed by atoms with Gasteiger partial charge >= 0.3 is 6.09 Å². The Hall–Kier alpha value is -3.08. The van der Waals surface area contributed by atoms with E-state index in [1.165, 1.54) is 17.0 Å². The molecule has 1 aliphatic rings. The molecule has 4 rings (SSSR count). The minimum atomic E-state index is -0.946. The van der Waals surface area contributed by atoms with E-state index in [9.17, 15) is 4.79 Å². The minimum absolute atomic E-state index is 0.0389. The molecule has 41 heavy (non-hydrogen) atoms. The number of carbonyl (C=O) groups is 1. The van der Waals surface area contributed by atoms with Gasteiger partial charge in [-0.15, -0.1) is 0 Å². The molecule has 222 valence electrons. The first kappa shape index (κ1) is 30.9. The standard InChI is InChI=1S/C29H34Cl2FN3O6/c1-15(2)38-23-10-9-17(11-20(23)31)26-33-25(34-41-26)18-12-21(32)24(13-19(18)30)37-14-22-16(3)39-29(7,8)35(22)27(36)40-28(4,5)6/h9-13,15-16,22H,14H2,1-8H3/t16-,22+/m1/s1. The summed E-state index contributed by atoms with van der Waals surface area (Å²) in [5.41, 5.74) is -0.872. The smallest absolute Gasteiger partial charge is 0.413 e. The molecule has 0 bridgehead atoms. The van der Waals surface area contributed by atoms with Crippen LogP contribution in [0.15, 0.2) is 34.9 Å². The average Bonchev–Trinajstić information content (AvgIpc) is 3.41. The van der Waals surface area contributed by atoms with Crippen molar-refractivity contribution in [2.45, 2.75) is 85.0 Å². The molecule has 9 nitrogen and oxygen atoms in total. The number of benzene rings is 2. The Morgan fingerprint density at radius 3 is 2.49 bits per heavy atom. The number of ether oxygens (including phenoxy) is 4. The van der Waals surface area contributed by atoms with Crippen molar-refractivity contribution in [3.8, 4) is 34.3 Å². The zero-order valence-electron chi connectivity index (χ0n) is 24.3. The van der Waals surface area contributed by atoms with E-state index in [0.29, 0.717) is 16.3 Å². The Labute approximate surface area is 248 Å². The topological polar surface area (TPSA) is 96.2 Å². The van der Waals surface area contributed by atoms with Crippen LogP contribution in [0.2, 0.25) is 10.0 Å². The van der Waals surface area contributed by atoms with Crippen LogP contribution in [0.4, 0.5) is 9.18 Å². The van der Waals surface area contributed by atoms with E-state index in [2.05, 4.69) is 10.1 Å². The molecule has 1 amide bonds. The summed E-state index contributed by atoms with van der Waals surface area (Å²) in [6, 6.07) is 7.05. The van der Waals surface area contributed by atoms with E-state index in [1.807, 2.05) is 20.8 Å². The summed E-state index contributed by atoms with van der Waals surface area (Å²) in [6.07, 6.45) is -0.985. The van der Waals surface area contributed by atoms with Gasteiger partial charge in [0.1, 0.15) is 23.7 Å². The molecule has 0 unspecified atom stereocenters. The Balaban J connectivity index is 1.51. The maximum Gasteiger partial charge on any atom is 0.413 e. The Bertz CT molecular complexity index is 1420. The van der Waals surface area contributed by atoms with Gasteiger partial charge in [0.25, 0.3) is 5.89 Å². The minimum Gasteiger partial charge on any atom is -0.489 e. The van der Waals surface area contributed by atoms with E-state index in [0.717, 1.165) is 0 Å². The van der Waals surface area contributed by atoms with Crippen LogP contribution in [0.1, 0.15) is 55.4 Å². The van der Waals surface area contributed by atoms with Gasteiger partial charge in [-0.1, -0.05) is 28.4 Å². The first-order chi connectivity index (χ1) is 19.1. The molecule has 12 heteroatoms. The highest BCUT2D eigenvalue weighted by Crippen LogP contribution is 2.37. The van der Waals surface area contributed by atoms with Gasteiger partial charge in [0, 0.05) is 17.2 Å². The lowest BCUT2D eigenvalue weighted by Crippen LogP contribution is -2.52. The van der Waals surface area contributed by atoms with Crippen LogP contribution in [0.5, 0.6) is 11.5 Å². The summed E-state index contributed by atoms with van der Waals surface area (Å²) in [5, 5.41) is 4.49. The normalized spacial score (nSPS) is 18.6. The van der Waals surface area contributed by atoms with E-state index in [4.69, 9.17) is 46.7 Å². The Morgan fingerprint density at radius 1 is 1.15 bits per heavy atom. The lowest BCUT2D eigenvalue weighted by atomic mass is 10.1. The van der Waals surface area contributed by atoms with Gasteiger partial charge in [0.15, 0.2) is 11.6 Å². The predicted molar refractivity (Wildman–Crippen MR) is 153 cm³/mol. The zero-order chi connectivity index (χ0) is 30.3. The predicted octanol–water partition coefficient (Wildman–Crippen LogP) is 7.78. The first-order valence-electron chi connectivity index (χ1n) is 13.2. The first-order valence-corrected chi connectivity index (χ1v) is 13.9. The van der Waals surface area contributed by atoms with Crippen LogP contribution >= 0.6 is 23.2 Å². The number of hydrogen-bond acceptors (Lipinski definition) is 8. The molecule has 1 aliphatic heterocycles. The molecule has 0 spiro atoms. The van der Waals surface area contributed by atoms with Crippen molar-refractivity contribution in [3.63, 3.8) is 0 Å². The monoisotopic (exact) mass is 609 g/mol. The van der Waals surface area contributed by atoms with Crippen LogP contribution in [0, 0.1) is 5.82 Å². The maximum atomic E-state index is 15.2. The number of rotatable bonds is 7. The van der Waals surface area contributed by atoms with Crippen LogP contribution in [0.25, 0.3) is 22.8 Å². The van der Waals surface area contributed by atoms with Crippen molar-refractivity contribution in [1.29, 1.82) is 0 Å². The largest absolute Gasteiger partial charge is 0.489 e. The fourth-order valence-corrected chi connectivity index (χ4v) is 4.96. The van der Waals surface area contributed by atoms with Crippen molar-refractivity contribution >= 4 is 29.3 Å². The third kappa shape index (κ3) is 7.05. The number of nitrogens with zero attached hydrogens (tertiary/aromatic N) is 3. The van der Waals surface area contributed by atoms with Crippen LogP contribution in [0.3, 0.4) is 0 Å². The van der Waals surface area contributed by atoms with Crippen LogP contribution in [-0.4, -0.2) is 57.3 Å². The second-order valence-electron chi connectivity index (χ2n) is 11.5. The summed E-state index contributed by atoms with van der Waals surface area (Å²) >= 11 is 12.8. The summed E-state index contributed by atoms with van der Waals surface area (Å²) in [4.78, 5) is 18.8. The number of carbonyl (C=O) groups excluding carboxylic acids is 1. The Morgan fingerprint density at radius 2 is 1.85 bits per heavy atom. The molecule has 2 aromatic carbocycles. The zero-order valence-corrected chi connectivity index (χ0v) is 25.8. The van der Waals surface area contributed by atoms with Crippen molar-refractivity contribution in [2.24, 2.45) is 0 Å². The lowest BCUT2D eigenvalue weighted by Gasteiger charge is -2.35. The summed E-state index contributed by atoms with van der Waals surface area (Å²) in [6.45, 7) is 14.4. The molecule has 1 fully saturated rings. The van der Waals surface area contributed by atoms with Crippen molar-refractivity contribution in [3.05, 3.63) is 46.2 Å². The summed E-state index contributed by atoms with van der Waals surface area (Å²) in [7, 11) is 0. The highest BCUT2D eigenvalue weighted by atomic mass is 35.5. The van der Waals surface area contributed by atoms with Crippen molar-refractivity contribution in [1.82, 2.24) is 15.0 Å². The van der Waals surface area contributed by atoms with E-state index in [-0.39, 0.29) is 40.8 Å². The highest BCUT2D eigenvalue weighted by Gasteiger charge is 2.50. The molecule has 0 saturated carbocycles. The molecule has 0 N–H and O–H groups in total. The molecule has 1 aromatic heterocycles. The van der Waals surface area contributed by atoms with E-state index < -0.39 is 35.4 Å². The van der Waals surface area contributed by atoms with Gasteiger partial charge in [-0.05, 0) is 79.7 Å². The van der Waals surface area contributed by atoms with Crippen molar-refractivity contribution in [2.75, 3.05) is 6.61 Å². The van der Waals surface area contributed by atoms with Gasteiger partial charge in [-0.3, -0.25) is 4.90 Å². The fraction of sp³-hybridized carbons (Fsp3) is 0.483. The molecule has 1 saturated heterocycles.